The Kier molecular flexibility index (Phi) is 12.9. The molecule has 3 aromatic carbocycles. The van der Waals surface area contributed by atoms with Crippen molar-refractivity contribution in [2.75, 3.05) is 41.7 Å². The lowest BCUT2D eigenvalue weighted by atomic mass is 9.39. The van der Waals surface area contributed by atoms with Crippen molar-refractivity contribution >= 4 is 17.7 Å². The normalized spacial score (nSPS) is 38.3. The second kappa shape index (κ2) is 18.3. The van der Waals surface area contributed by atoms with Crippen LogP contribution in [-0.2, 0) is 81.6 Å². The fourth-order valence-corrected chi connectivity index (χ4v) is 12.3. The number of carbonyl (C=O) groups is 3. The average Bonchev–Trinajstić information content (AvgIpc) is 4.06. The van der Waals surface area contributed by atoms with Crippen molar-refractivity contribution in [3.8, 4) is 5.75 Å². The maximum absolute atomic E-state index is 16.0. The van der Waals surface area contributed by atoms with E-state index in [1.807, 2.05) is 60.7 Å². The highest BCUT2D eigenvalue weighted by Gasteiger charge is 2.86. The van der Waals surface area contributed by atoms with Crippen LogP contribution in [0, 0.1) is 28.1 Å². The van der Waals surface area contributed by atoms with Crippen molar-refractivity contribution in [1.82, 2.24) is 0 Å². The van der Waals surface area contributed by atoms with Gasteiger partial charge in [0, 0.05) is 43.3 Å². The van der Waals surface area contributed by atoms with Gasteiger partial charge in [-0.1, -0.05) is 79.4 Å². The molecule has 6 aliphatic rings. The van der Waals surface area contributed by atoms with Crippen molar-refractivity contribution in [3.63, 3.8) is 0 Å². The molecule has 6 fully saturated rings. The molecule has 16 nitrogen and oxygen atoms in total. The summed E-state index contributed by atoms with van der Waals surface area (Å²) in [6.45, 7) is 5.03. The molecule has 0 bridgehead atoms. The van der Waals surface area contributed by atoms with Crippen LogP contribution in [-0.4, -0.2) is 124 Å². The molecule has 4 aliphatic heterocycles. The van der Waals surface area contributed by atoms with Crippen LogP contribution in [0.25, 0.3) is 0 Å². The lowest BCUT2D eigenvalue weighted by Gasteiger charge is -2.62. The Morgan fingerprint density at radius 2 is 1.43 bits per heavy atom. The molecule has 4 heterocycles. The number of methoxy groups -OCH3 is 4. The van der Waals surface area contributed by atoms with Gasteiger partial charge in [-0.15, -0.1) is 5.73 Å². The predicted molar refractivity (Wildman–Crippen MR) is 233 cm³/mol. The number of carbonyl (C=O) groups excluding carboxylic acids is 3. The largest absolute Gasteiger partial charge is 0.497 e. The summed E-state index contributed by atoms with van der Waals surface area (Å²) in [6, 6.07) is 26.1. The zero-order valence-electron chi connectivity index (χ0n) is 38.3. The van der Waals surface area contributed by atoms with E-state index >= 15 is 4.79 Å². The second-order valence-electron chi connectivity index (χ2n) is 18.5. The van der Waals surface area contributed by atoms with E-state index in [0.29, 0.717) is 11.3 Å². The van der Waals surface area contributed by atoms with E-state index in [0.717, 1.165) is 11.1 Å². The number of fused-ring (bicyclic) bond motifs is 1. The van der Waals surface area contributed by atoms with Crippen molar-refractivity contribution in [2.24, 2.45) is 28.1 Å². The third kappa shape index (κ3) is 7.23. The quantitative estimate of drug-likeness (QED) is 0.161. The molecule has 0 amide bonds. The van der Waals surface area contributed by atoms with Crippen LogP contribution in [0.3, 0.4) is 0 Å². The first-order valence-corrected chi connectivity index (χ1v) is 22.5. The molecule has 4 saturated heterocycles. The van der Waals surface area contributed by atoms with Crippen molar-refractivity contribution < 1.29 is 76.7 Å². The van der Waals surface area contributed by atoms with E-state index in [9.17, 15) is 19.8 Å². The molecule has 0 radical (unpaired) electrons. The molecular weight excluding hydrogens is 869 g/mol. The van der Waals surface area contributed by atoms with Gasteiger partial charge in [0.15, 0.2) is 24.0 Å². The standard InChI is InChI=1S/C51H58O16/c1-7-34(35-22-38(61-25-32-18-20-33(57-3)21-19-32)50(24-39(58-4)67-46(50)66-35)63-26-30-14-10-8-11-15-30)47(2)42(54)40-41-48(36(52)23-37(53)49(41,28-62-40)44(55)59-5)29-65-51(43(47)48,45(56)60-6)64-27-31-16-12-9-13-17-31/h8-21,35-41,43,46,52-53H,1,22-29H2,2-6H3/t35-,36-,37+,38-,39-,40+,41+,43-,46+,47+,48-,49-,50-,51-/m0/s1. The van der Waals surface area contributed by atoms with E-state index in [1.54, 1.807) is 38.3 Å². The van der Waals surface area contributed by atoms with E-state index in [1.165, 1.54) is 21.3 Å². The molecule has 2 saturated carbocycles. The Hall–Kier alpha value is -4.81. The highest BCUT2D eigenvalue weighted by atomic mass is 16.8. The van der Waals surface area contributed by atoms with Gasteiger partial charge in [0.1, 0.15) is 17.3 Å². The molecule has 0 unspecified atom stereocenters. The zero-order valence-corrected chi connectivity index (χ0v) is 38.3. The Morgan fingerprint density at radius 3 is 2.04 bits per heavy atom. The van der Waals surface area contributed by atoms with E-state index in [4.69, 9.17) is 52.1 Å². The molecule has 3 aromatic rings. The summed E-state index contributed by atoms with van der Waals surface area (Å²) in [5, 5.41) is 24.4. The number of esters is 2. The van der Waals surface area contributed by atoms with Gasteiger partial charge in [-0.3, -0.25) is 9.59 Å². The summed E-state index contributed by atoms with van der Waals surface area (Å²) >= 11 is 0. The number of rotatable bonds is 15. The lowest BCUT2D eigenvalue weighted by Crippen LogP contribution is -2.75. The van der Waals surface area contributed by atoms with Crippen LogP contribution < -0.4 is 4.74 Å². The molecule has 14 atom stereocenters. The Morgan fingerprint density at radius 1 is 0.791 bits per heavy atom. The summed E-state index contributed by atoms with van der Waals surface area (Å²) in [6.07, 6.45) is -8.37. The van der Waals surface area contributed by atoms with Gasteiger partial charge < -0.3 is 62.3 Å². The van der Waals surface area contributed by atoms with Crippen LogP contribution in [0.15, 0.2) is 103 Å². The summed E-state index contributed by atoms with van der Waals surface area (Å²) in [5.74, 6) is -6.93. The third-order valence-electron chi connectivity index (χ3n) is 15.4. The first kappa shape index (κ1) is 47.3. The van der Waals surface area contributed by atoms with Gasteiger partial charge >= 0.3 is 11.9 Å². The molecule has 9 rings (SSSR count). The molecule has 2 N–H and O–H groups in total. The van der Waals surface area contributed by atoms with E-state index < -0.39 is 114 Å². The minimum absolute atomic E-state index is 0.0426. The first-order chi connectivity index (χ1) is 32.3. The molecule has 67 heavy (non-hydrogen) atoms. The maximum atomic E-state index is 16.0. The third-order valence-corrected chi connectivity index (χ3v) is 15.4. The number of ether oxygens (including phenoxy) is 11. The van der Waals surface area contributed by atoms with Gasteiger partial charge in [0.05, 0.1) is 90.1 Å². The predicted octanol–water partition coefficient (Wildman–Crippen LogP) is 4.36. The molecule has 1 spiro atoms. The number of aliphatic hydroxyl groups excluding tert-OH is 2. The second-order valence-corrected chi connectivity index (χ2v) is 18.5. The molecule has 2 aliphatic carbocycles. The van der Waals surface area contributed by atoms with Crippen LogP contribution in [0.5, 0.6) is 5.75 Å². The van der Waals surface area contributed by atoms with E-state index in [2.05, 4.69) is 12.3 Å². The fourth-order valence-electron chi connectivity index (χ4n) is 12.3. The van der Waals surface area contributed by atoms with Crippen molar-refractivity contribution in [2.45, 2.75) is 100 Å². The number of hydrogen-bond acceptors (Lipinski definition) is 16. The van der Waals surface area contributed by atoms with Crippen molar-refractivity contribution in [1.29, 1.82) is 0 Å². The number of Topliss-reactive ketones (excluding diaryl/α,β-unsaturated/α-hetero) is 1. The lowest BCUT2D eigenvalue weighted by molar-refractivity contribution is -0.310. The van der Waals surface area contributed by atoms with Crippen LogP contribution in [0.1, 0.15) is 42.9 Å². The fraction of sp³-hybridized carbons (Fsp3) is 0.529. The van der Waals surface area contributed by atoms with Gasteiger partial charge in [-0.2, -0.15) is 0 Å². The highest BCUT2D eigenvalue weighted by molar-refractivity contribution is 5.97. The smallest absolute Gasteiger partial charge is 0.366 e. The minimum atomic E-state index is -2.41. The number of aliphatic hydroxyl groups is 2. The molecular formula is C51H58O16. The number of ketones is 1. The molecule has 16 heteroatoms. The van der Waals surface area contributed by atoms with Crippen LogP contribution >= 0.6 is 0 Å². The Balaban J connectivity index is 1.19. The molecule has 358 valence electrons. The average molecular weight is 927 g/mol. The summed E-state index contributed by atoms with van der Waals surface area (Å²) in [5.41, 5.74) is -1.15. The van der Waals surface area contributed by atoms with Gasteiger partial charge in [-0.05, 0) is 35.7 Å². The minimum Gasteiger partial charge on any atom is -0.497 e. The highest BCUT2D eigenvalue weighted by Crippen LogP contribution is 2.73. The molecule has 0 aromatic heterocycles. The number of benzene rings is 3. The topological polar surface area (TPSA) is 193 Å². The zero-order chi connectivity index (χ0) is 47.4. The maximum Gasteiger partial charge on any atom is 0.366 e. The summed E-state index contributed by atoms with van der Waals surface area (Å²) in [4.78, 5) is 44.9. The van der Waals surface area contributed by atoms with Gasteiger partial charge in [0.25, 0.3) is 5.79 Å². The summed E-state index contributed by atoms with van der Waals surface area (Å²) < 4.78 is 69.1. The van der Waals surface area contributed by atoms with Crippen LogP contribution in [0.4, 0.5) is 0 Å². The number of hydrogen-bond donors (Lipinski definition) is 2. The monoisotopic (exact) mass is 926 g/mol. The summed E-state index contributed by atoms with van der Waals surface area (Å²) in [7, 11) is 5.47. The van der Waals surface area contributed by atoms with E-state index in [-0.39, 0.29) is 44.7 Å². The Labute approximate surface area is 388 Å². The van der Waals surface area contributed by atoms with Crippen molar-refractivity contribution in [3.05, 3.63) is 120 Å². The first-order valence-electron chi connectivity index (χ1n) is 22.5. The Bertz CT molecular complexity index is 2360. The van der Waals surface area contributed by atoms with Gasteiger partial charge in [0.2, 0.25) is 0 Å². The van der Waals surface area contributed by atoms with Crippen LogP contribution in [0.2, 0.25) is 0 Å². The van der Waals surface area contributed by atoms with Gasteiger partial charge in [-0.25, -0.2) is 4.79 Å². The SMILES string of the molecule is C=C=C([C@@H]1C[C@H](OCc2ccc(OC)cc2)[C@@]2(OCc3ccccc3)C[C@@H](OC)O[C@H]2O1)[C@]1(C)C(=O)[C@@H]2OC[C@]3(C(=O)OC)[C@H](O)C[C@H](O)[C@@]4(CO[C@](OCc5ccccc5)(C(=O)OC)[C@@H]14)[C@@H]23.